The van der Waals surface area contributed by atoms with Crippen molar-refractivity contribution in [3.05, 3.63) is 46.7 Å². The maximum atomic E-state index is 11.9. The third-order valence-electron chi connectivity index (χ3n) is 4.13. The highest BCUT2D eigenvalue weighted by molar-refractivity contribution is 6.33. The number of hydrogen-bond donors (Lipinski definition) is 2. The zero-order valence-electron chi connectivity index (χ0n) is 13.5. The number of fused-ring (bicyclic) bond motifs is 1. The molecule has 8 heteroatoms. The maximum absolute atomic E-state index is 11.9. The summed E-state index contributed by atoms with van der Waals surface area (Å²) in [5.74, 6) is 0.401. The van der Waals surface area contributed by atoms with Crippen molar-refractivity contribution in [2.45, 2.75) is 13.5 Å². The molecular formula is C17H15ClN6O. The van der Waals surface area contributed by atoms with E-state index in [1.54, 1.807) is 29.1 Å². The Kier molecular flexibility index (Phi) is 3.65. The Bertz CT molecular complexity index is 974. The van der Waals surface area contributed by atoms with Gasteiger partial charge in [-0.05, 0) is 36.8 Å². The average Bonchev–Trinajstić information content (AvgIpc) is 3.05. The van der Waals surface area contributed by atoms with Gasteiger partial charge in [-0.1, -0.05) is 11.6 Å². The molecule has 0 spiro atoms. The molecule has 25 heavy (non-hydrogen) atoms. The molecule has 4 rings (SSSR count). The molecule has 1 aliphatic heterocycles. The molecule has 0 fully saturated rings. The van der Waals surface area contributed by atoms with E-state index in [0.29, 0.717) is 46.7 Å². The van der Waals surface area contributed by atoms with E-state index in [2.05, 4.69) is 20.4 Å². The molecule has 2 aromatic heterocycles. The average molecular weight is 355 g/mol. The van der Waals surface area contributed by atoms with Gasteiger partial charge in [-0.2, -0.15) is 5.10 Å². The van der Waals surface area contributed by atoms with Crippen LogP contribution in [-0.2, 0) is 6.54 Å². The van der Waals surface area contributed by atoms with E-state index in [4.69, 9.17) is 17.3 Å². The summed E-state index contributed by atoms with van der Waals surface area (Å²) in [7, 11) is 0. The summed E-state index contributed by atoms with van der Waals surface area (Å²) >= 11 is 6.17. The smallest absolute Gasteiger partial charge is 0.269 e. The van der Waals surface area contributed by atoms with E-state index in [1.807, 2.05) is 13.0 Å². The molecule has 0 saturated carbocycles. The first-order valence-electron chi connectivity index (χ1n) is 7.78. The molecule has 3 heterocycles. The monoisotopic (exact) mass is 354 g/mol. The first kappa shape index (κ1) is 15.6. The SMILES string of the molecule is Cc1cc(-c2nccc(-c3cc4n(n3)CCNC4=O)n2)cc(Cl)c1N. The van der Waals surface area contributed by atoms with Crippen molar-refractivity contribution < 1.29 is 4.79 Å². The van der Waals surface area contributed by atoms with Gasteiger partial charge in [0.2, 0.25) is 0 Å². The standard InChI is InChI=1S/C17H15ClN6O/c1-9-6-10(7-11(18)15(9)19)16-20-3-2-12(22-16)13-8-14-17(25)21-4-5-24(14)23-13/h2-3,6-8H,4-5,19H2,1H3,(H,21,25). The Morgan fingerprint density at radius 3 is 2.88 bits per heavy atom. The van der Waals surface area contributed by atoms with Crippen LogP contribution in [0.4, 0.5) is 5.69 Å². The fraction of sp³-hybridized carbons (Fsp3) is 0.176. The van der Waals surface area contributed by atoms with E-state index in [-0.39, 0.29) is 5.91 Å². The lowest BCUT2D eigenvalue weighted by Gasteiger charge is -2.13. The van der Waals surface area contributed by atoms with Crippen LogP contribution in [0.5, 0.6) is 0 Å². The highest BCUT2D eigenvalue weighted by Crippen LogP contribution is 2.29. The number of nitrogens with one attached hydrogen (secondary N) is 1. The van der Waals surface area contributed by atoms with Gasteiger partial charge in [0.25, 0.3) is 5.91 Å². The number of hydrogen-bond acceptors (Lipinski definition) is 5. The van der Waals surface area contributed by atoms with E-state index in [1.165, 1.54) is 0 Å². The molecule has 0 saturated heterocycles. The van der Waals surface area contributed by atoms with Gasteiger partial charge < -0.3 is 11.1 Å². The van der Waals surface area contributed by atoms with Crippen LogP contribution < -0.4 is 11.1 Å². The van der Waals surface area contributed by atoms with Crippen molar-refractivity contribution in [2.24, 2.45) is 0 Å². The molecule has 3 aromatic rings. The number of amides is 1. The fourth-order valence-corrected chi connectivity index (χ4v) is 3.05. The molecule has 0 radical (unpaired) electrons. The van der Waals surface area contributed by atoms with Crippen molar-refractivity contribution in [2.75, 3.05) is 12.3 Å². The summed E-state index contributed by atoms with van der Waals surface area (Å²) < 4.78 is 1.69. The zero-order valence-corrected chi connectivity index (χ0v) is 14.2. The number of anilines is 1. The minimum Gasteiger partial charge on any atom is -0.397 e. The van der Waals surface area contributed by atoms with Crippen LogP contribution in [-0.4, -0.2) is 32.2 Å². The van der Waals surface area contributed by atoms with Crippen LogP contribution in [0, 0.1) is 6.92 Å². The lowest BCUT2D eigenvalue weighted by atomic mass is 10.1. The Balaban J connectivity index is 1.77. The van der Waals surface area contributed by atoms with Crippen molar-refractivity contribution in [1.82, 2.24) is 25.1 Å². The number of carbonyl (C=O) groups is 1. The number of halogens is 1. The summed E-state index contributed by atoms with van der Waals surface area (Å²) in [6.45, 7) is 3.10. The third-order valence-corrected chi connectivity index (χ3v) is 4.45. The number of aromatic nitrogens is 4. The highest BCUT2D eigenvalue weighted by Gasteiger charge is 2.20. The summed E-state index contributed by atoms with van der Waals surface area (Å²) in [5.41, 5.74) is 9.90. The Labute approximate surface area is 148 Å². The van der Waals surface area contributed by atoms with Crippen molar-refractivity contribution in [3.63, 3.8) is 0 Å². The van der Waals surface area contributed by atoms with Crippen LogP contribution in [0.15, 0.2) is 30.5 Å². The van der Waals surface area contributed by atoms with Gasteiger partial charge in [0, 0.05) is 18.3 Å². The molecule has 0 aliphatic carbocycles. The van der Waals surface area contributed by atoms with E-state index in [0.717, 1.165) is 11.1 Å². The fourth-order valence-electron chi connectivity index (χ4n) is 2.79. The van der Waals surface area contributed by atoms with Crippen molar-refractivity contribution >= 4 is 23.2 Å². The van der Waals surface area contributed by atoms with Gasteiger partial charge in [0.15, 0.2) is 5.82 Å². The predicted octanol–water partition coefficient (Wildman–Crippen LogP) is 2.29. The summed E-state index contributed by atoms with van der Waals surface area (Å²) in [6.07, 6.45) is 1.66. The maximum Gasteiger partial charge on any atom is 0.269 e. The number of nitrogens with zero attached hydrogens (tertiary/aromatic N) is 4. The minimum absolute atomic E-state index is 0.125. The number of nitrogen functional groups attached to an aromatic ring is 1. The number of nitrogens with two attached hydrogens (primary N) is 1. The highest BCUT2D eigenvalue weighted by atomic mass is 35.5. The zero-order chi connectivity index (χ0) is 17.6. The number of carbonyl (C=O) groups excluding carboxylic acids is 1. The molecule has 3 N–H and O–H groups in total. The van der Waals surface area contributed by atoms with Gasteiger partial charge in [0.05, 0.1) is 22.9 Å². The molecule has 0 unspecified atom stereocenters. The second-order valence-electron chi connectivity index (χ2n) is 5.85. The van der Waals surface area contributed by atoms with Crippen LogP contribution in [0.25, 0.3) is 22.8 Å². The topological polar surface area (TPSA) is 98.7 Å². The normalized spacial score (nSPS) is 13.4. The number of rotatable bonds is 2. The second kappa shape index (κ2) is 5.86. The van der Waals surface area contributed by atoms with Gasteiger partial charge in [0.1, 0.15) is 11.4 Å². The molecule has 1 aliphatic rings. The van der Waals surface area contributed by atoms with Crippen molar-refractivity contribution in [1.29, 1.82) is 0 Å². The minimum atomic E-state index is -0.125. The lowest BCUT2D eigenvalue weighted by molar-refractivity contribution is 0.0924. The Morgan fingerprint density at radius 1 is 1.28 bits per heavy atom. The molecule has 7 nitrogen and oxygen atoms in total. The van der Waals surface area contributed by atoms with E-state index < -0.39 is 0 Å². The predicted molar refractivity (Wildman–Crippen MR) is 95.2 cm³/mol. The lowest BCUT2D eigenvalue weighted by Crippen LogP contribution is -2.35. The van der Waals surface area contributed by atoms with Gasteiger partial charge in [-0.15, -0.1) is 0 Å². The molecule has 1 aromatic carbocycles. The van der Waals surface area contributed by atoms with Crippen LogP contribution in [0.1, 0.15) is 16.1 Å². The van der Waals surface area contributed by atoms with Crippen LogP contribution in [0.2, 0.25) is 5.02 Å². The first-order valence-corrected chi connectivity index (χ1v) is 8.16. The van der Waals surface area contributed by atoms with Gasteiger partial charge >= 0.3 is 0 Å². The first-order chi connectivity index (χ1) is 12.0. The second-order valence-corrected chi connectivity index (χ2v) is 6.26. The van der Waals surface area contributed by atoms with Gasteiger partial charge in [-0.3, -0.25) is 9.48 Å². The van der Waals surface area contributed by atoms with E-state index >= 15 is 0 Å². The van der Waals surface area contributed by atoms with Crippen LogP contribution in [0.3, 0.4) is 0 Å². The quantitative estimate of drug-likeness (QED) is 0.688. The summed E-state index contributed by atoms with van der Waals surface area (Å²) in [5, 5.41) is 7.74. The molecule has 1 amide bonds. The molecule has 0 atom stereocenters. The Hall–Kier alpha value is -2.93. The van der Waals surface area contributed by atoms with E-state index in [9.17, 15) is 4.79 Å². The largest absolute Gasteiger partial charge is 0.397 e. The number of benzene rings is 1. The van der Waals surface area contributed by atoms with Crippen LogP contribution >= 0.6 is 11.6 Å². The molecule has 126 valence electrons. The summed E-state index contributed by atoms with van der Waals surface area (Å²) in [4.78, 5) is 20.8. The molecular weight excluding hydrogens is 340 g/mol. The number of aryl methyl sites for hydroxylation is 1. The van der Waals surface area contributed by atoms with Crippen molar-refractivity contribution in [3.8, 4) is 22.8 Å². The third kappa shape index (κ3) is 2.72. The molecule has 0 bridgehead atoms. The van der Waals surface area contributed by atoms with Gasteiger partial charge in [-0.25, -0.2) is 9.97 Å². The Morgan fingerprint density at radius 2 is 2.12 bits per heavy atom. The summed E-state index contributed by atoms with van der Waals surface area (Å²) in [6, 6.07) is 7.14.